The number of ether oxygens (including phenoxy) is 7. The first-order valence-corrected chi connectivity index (χ1v) is 16.3. The third-order valence-electron chi connectivity index (χ3n) is 7.85. The van der Waals surface area contributed by atoms with Gasteiger partial charge < -0.3 is 33.2 Å². The zero-order valence-corrected chi connectivity index (χ0v) is 29.1. The third kappa shape index (κ3) is 16.1. The molecule has 0 radical (unpaired) electrons. The molecule has 4 unspecified atom stereocenters. The van der Waals surface area contributed by atoms with Crippen LogP contribution in [-0.4, -0.2) is 78.0 Å². The Balaban J connectivity index is 0.000000253. The predicted octanol–water partition coefficient (Wildman–Crippen LogP) is 7.19. The van der Waals surface area contributed by atoms with E-state index >= 15 is 0 Å². The number of carbonyl (C=O) groups is 2. The molecule has 3 saturated heterocycles. The Hall–Kier alpha value is -3.66. The van der Waals surface area contributed by atoms with Gasteiger partial charge in [-0.1, -0.05) is 57.3 Å². The van der Waals surface area contributed by atoms with Crippen LogP contribution in [-0.2, 0) is 33.3 Å². The van der Waals surface area contributed by atoms with Crippen LogP contribution < -0.4 is 9.47 Å². The van der Waals surface area contributed by atoms with Crippen LogP contribution in [0.1, 0.15) is 70.4 Å². The number of hydrogen-bond acceptors (Lipinski definition) is 9. The molecule has 2 aromatic carbocycles. The Morgan fingerprint density at radius 3 is 1.79 bits per heavy atom. The second-order valence-corrected chi connectivity index (χ2v) is 12.0. The van der Waals surface area contributed by atoms with Crippen molar-refractivity contribution in [3.63, 3.8) is 0 Å². The molecule has 0 saturated carbocycles. The van der Waals surface area contributed by atoms with Gasteiger partial charge in [0.2, 0.25) is 0 Å². The molecule has 9 heteroatoms. The van der Waals surface area contributed by atoms with E-state index in [1.807, 2.05) is 50.2 Å². The second-order valence-electron chi connectivity index (χ2n) is 12.0. The summed E-state index contributed by atoms with van der Waals surface area (Å²) in [5, 5.41) is 0. The van der Waals surface area contributed by atoms with E-state index in [0.717, 1.165) is 43.1 Å². The highest BCUT2D eigenvalue weighted by molar-refractivity contribution is 5.86. The molecule has 0 N–H and O–H groups in total. The fourth-order valence-corrected chi connectivity index (χ4v) is 4.31. The van der Waals surface area contributed by atoms with Crippen molar-refractivity contribution in [2.45, 2.75) is 71.5 Å². The van der Waals surface area contributed by atoms with Gasteiger partial charge in [-0.25, -0.2) is 4.79 Å². The maximum Gasteiger partial charge on any atom is 0.333 e. The molecule has 5 rings (SSSR count). The maximum absolute atomic E-state index is 12.4. The summed E-state index contributed by atoms with van der Waals surface area (Å²) < 4.78 is 35.2. The molecule has 3 heterocycles. The Morgan fingerprint density at radius 2 is 1.40 bits per heavy atom. The number of epoxide rings is 2. The summed E-state index contributed by atoms with van der Waals surface area (Å²) in [4.78, 5) is 23.1. The monoisotopic (exact) mass is 654 g/mol. The first-order chi connectivity index (χ1) is 22.5. The van der Waals surface area contributed by atoms with Crippen LogP contribution in [0.5, 0.6) is 11.5 Å². The van der Waals surface area contributed by atoms with Gasteiger partial charge in [0.15, 0.2) is 0 Å². The van der Waals surface area contributed by atoms with Gasteiger partial charge in [-0.05, 0) is 80.8 Å². The van der Waals surface area contributed by atoms with Crippen molar-refractivity contribution in [1.29, 1.82) is 0 Å². The summed E-state index contributed by atoms with van der Waals surface area (Å²) >= 11 is 0. The number of hydrogen-bond donors (Lipinski definition) is 0. The van der Waals surface area contributed by atoms with Gasteiger partial charge in [0.05, 0.1) is 32.8 Å². The van der Waals surface area contributed by atoms with Crippen molar-refractivity contribution in [3.8, 4) is 11.5 Å². The van der Waals surface area contributed by atoms with E-state index in [0.29, 0.717) is 32.0 Å². The average molecular weight is 655 g/mol. The molecule has 0 spiro atoms. The fraction of sp³-hybridized carbons (Fsp3) is 0.526. The molecular formula is C38H54O9. The molecule has 0 aliphatic carbocycles. The lowest BCUT2D eigenvalue weighted by Crippen LogP contribution is -2.31. The summed E-state index contributed by atoms with van der Waals surface area (Å²) in [7, 11) is 3.31. The molecule has 4 atom stereocenters. The number of rotatable bonds is 13. The summed E-state index contributed by atoms with van der Waals surface area (Å²) in [6.45, 7) is 19.0. The normalized spacial score (nSPS) is 18.9. The second kappa shape index (κ2) is 21.3. The van der Waals surface area contributed by atoms with Gasteiger partial charge in [-0.3, -0.25) is 4.79 Å². The van der Waals surface area contributed by atoms with Crippen molar-refractivity contribution in [1.82, 2.24) is 0 Å². The molecule has 47 heavy (non-hydrogen) atoms. The Labute approximate surface area is 281 Å². The molecule has 0 amide bonds. The lowest BCUT2D eigenvalue weighted by molar-refractivity contribution is -0.156. The van der Waals surface area contributed by atoms with Gasteiger partial charge in [0.1, 0.15) is 36.9 Å². The lowest BCUT2D eigenvalue weighted by Gasteiger charge is -2.29. The molecule has 2 aromatic rings. The molecule has 260 valence electrons. The van der Waals surface area contributed by atoms with Crippen LogP contribution in [0.4, 0.5) is 0 Å². The molecule has 9 nitrogen and oxygen atoms in total. The first kappa shape index (κ1) is 39.5. The van der Waals surface area contributed by atoms with E-state index in [9.17, 15) is 9.59 Å². The van der Waals surface area contributed by atoms with Crippen molar-refractivity contribution in [2.24, 2.45) is 5.41 Å². The highest BCUT2D eigenvalue weighted by Crippen LogP contribution is 2.36. The largest absolute Gasteiger partial charge is 0.497 e. The van der Waals surface area contributed by atoms with Gasteiger partial charge in [-0.15, -0.1) is 0 Å². The standard InChI is InChI=1S/C18H26O4.C9H10O.C7H10O3.C4H8O/c1-5-18(3,17(19)22-12-16-11-21-16)10-13(2)14-6-8-15(20-4)9-7-14;1-3-8-4-6-9(10-2)7-5-8;1-5(2)7(8)10-4-6-3-9-6;1-2-4-5-3-1/h6-9,13,16H,5,10-12H2,1-4H3;3-7H,1H2,2H3;6H,1,3-4H2,2H3;1-4H2. The minimum Gasteiger partial charge on any atom is -0.497 e. The summed E-state index contributed by atoms with van der Waals surface area (Å²) in [6.07, 6.45) is 6.14. The highest BCUT2D eigenvalue weighted by atomic mass is 16.6. The number of esters is 2. The van der Waals surface area contributed by atoms with Gasteiger partial charge >= 0.3 is 11.9 Å². The number of carbonyl (C=O) groups excluding carboxylic acids is 2. The van der Waals surface area contributed by atoms with E-state index in [1.165, 1.54) is 18.4 Å². The lowest BCUT2D eigenvalue weighted by atomic mass is 9.77. The van der Waals surface area contributed by atoms with Crippen molar-refractivity contribution in [2.75, 3.05) is 53.9 Å². The van der Waals surface area contributed by atoms with Crippen molar-refractivity contribution in [3.05, 3.63) is 78.4 Å². The zero-order chi connectivity index (χ0) is 34.7. The van der Waals surface area contributed by atoms with Crippen LogP contribution in [0.3, 0.4) is 0 Å². The van der Waals surface area contributed by atoms with Crippen LogP contribution in [0, 0.1) is 5.41 Å². The van der Waals surface area contributed by atoms with E-state index in [-0.39, 0.29) is 30.1 Å². The number of benzene rings is 2. The van der Waals surface area contributed by atoms with Crippen molar-refractivity contribution < 1.29 is 42.7 Å². The minimum absolute atomic E-state index is 0.115. The third-order valence-corrected chi connectivity index (χ3v) is 7.85. The molecule has 3 aliphatic rings. The van der Waals surface area contributed by atoms with E-state index in [2.05, 4.69) is 32.2 Å². The molecule has 3 aliphatic heterocycles. The average Bonchev–Trinajstić information content (AvgIpc) is 4.05. The summed E-state index contributed by atoms with van der Waals surface area (Å²) in [5.74, 6) is 1.55. The van der Waals surface area contributed by atoms with Crippen molar-refractivity contribution >= 4 is 18.0 Å². The quantitative estimate of drug-likeness (QED) is 0.126. The van der Waals surface area contributed by atoms with Gasteiger partial charge in [-0.2, -0.15) is 0 Å². The smallest absolute Gasteiger partial charge is 0.333 e. The predicted molar refractivity (Wildman–Crippen MR) is 184 cm³/mol. The van der Waals surface area contributed by atoms with Crippen LogP contribution in [0.15, 0.2) is 67.3 Å². The number of methoxy groups -OCH3 is 2. The Kier molecular flexibility index (Phi) is 17.9. The minimum atomic E-state index is -0.464. The zero-order valence-electron chi connectivity index (χ0n) is 29.1. The highest BCUT2D eigenvalue weighted by Gasteiger charge is 2.36. The van der Waals surface area contributed by atoms with E-state index in [1.54, 1.807) is 27.2 Å². The summed E-state index contributed by atoms with van der Waals surface area (Å²) in [6, 6.07) is 15.8. The first-order valence-electron chi connectivity index (χ1n) is 16.3. The van der Waals surface area contributed by atoms with Crippen LogP contribution >= 0.6 is 0 Å². The van der Waals surface area contributed by atoms with E-state index < -0.39 is 5.41 Å². The van der Waals surface area contributed by atoms with Gasteiger partial charge in [0.25, 0.3) is 0 Å². The van der Waals surface area contributed by atoms with Gasteiger partial charge in [0, 0.05) is 18.8 Å². The molecule has 0 bridgehead atoms. The SMILES string of the molecule is C1CCOC1.C=C(C)C(=O)OCC1CO1.C=Cc1ccc(OC)cc1.CCC(C)(CC(C)c1ccc(OC)cc1)C(=O)OCC1CO1. The maximum atomic E-state index is 12.4. The molecule has 0 aromatic heterocycles. The summed E-state index contributed by atoms with van der Waals surface area (Å²) in [5.41, 5.74) is 2.29. The van der Waals surface area contributed by atoms with Crippen LogP contribution in [0.25, 0.3) is 6.08 Å². The molecular weight excluding hydrogens is 600 g/mol. The van der Waals surface area contributed by atoms with E-state index in [4.69, 9.17) is 33.2 Å². The Morgan fingerprint density at radius 1 is 0.915 bits per heavy atom. The van der Waals surface area contributed by atoms with Crippen LogP contribution in [0.2, 0.25) is 0 Å². The fourth-order valence-electron chi connectivity index (χ4n) is 4.31. The topological polar surface area (TPSA) is 105 Å². The molecule has 3 fully saturated rings. The Bertz CT molecular complexity index is 1210.